The van der Waals surface area contributed by atoms with E-state index in [0.29, 0.717) is 42.3 Å². The molecule has 2 aromatic carbocycles. The molecular formula is C23H27N3O5S. The smallest absolute Gasteiger partial charge is 0.265 e. The Balaban J connectivity index is 1.49. The average Bonchev–Trinajstić information content (AvgIpc) is 3.34. The number of fused-ring (bicyclic) bond motifs is 1. The lowest BCUT2D eigenvalue weighted by Crippen LogP contribution is -2.39. The number of nitrogens with one attached hydrogen (secondary N) is 1. The minimum atomic E-state index is -3.52. The van der Waals surface area contributed by atoms with E-state index in [1.807, 2.05) is 0 Å². The van der Waals surface area contributed by atoms with Crippen molar-refractivity contribution in [1.29, 1.82) is 0 Å². The van der Waals surface area contributed by atoms with Gasteiger partial charge in [-0.2, -0.15) is 4.31 Å². The summed E-state index contributed by atoms with van der Waals surface area (Å²) in [5.41, 5.74) is 1.51. The van der Waals surface area contributed by atoms with Crippen molar-refractivity contribution in [3.8, 4) is 5.75 Å². The number of hydrogen-bond donors (Lipinski definition) is 1. The number of benzene rings is 2. The Kier molecular flexibility index (Phi) is 6.48. The molecule has 4 rings (SSSR count). The van der Waals surface area contributed by atoms with E-state index in [2.05, 4.69) is 12.2 Å². The second-order valence-corrected chi connectivity index (χ2v) is 9.90. The first-order valence-corrected chi connectivity index (χ1v) is 12.3. The zero-order valence-electron chi connectivity index (χ0n) is 18.0. The molecule has 2 heterocycles. The molecule has 0 unspecified atom stereocenters. The summed E-state index contributed by atoms with van der Waals surface area (Å²) in [6.07, 6.45) is 3.56. The van der Waals surface area contributed by atoms with E-state index in [0.717, 1.165) is 25.7 Å². The van der Waals surface area contributed by atoms with Gasteiger partial charge in [-0.15, -0.1) is 0 Å². The van der Waals surface area contributed by atoms with Crippen LogP contribution >= 0.6 is 0 Å². The van der Waals surface area contributed by atoms with Crippen LogP contribution in [0, 0.1) is 0 Å². The molecular weight excluding hydrogens is 430 g/mol. The van der Waals surface area contributed by atoms with Gasteiger partial charge in [0.2, 0.25) is 10.0 Å². The van der Waals surface area contributed by atoms with E-state index in [-0.39, 0.29) is 23.3 Å². The number of nitrogens with zero attached hydrogens (tertiary/aromatic N) is 2. The Bertz CT molecular complexity index is 1110. The third kappa shape index (κ3) is 4.49. The predicted molar refractivity (Wildman–Crippen MR) is 122 cm³/mol. The summed E-state index contributed by atoms with van der Waals surface area (Å²) >= 11 is 0. The minimum absolute atomic E-state index is 0.00903. The van der Waals surface area contributed by atoms with Crippen molar-refractivity contribution in [2.75, 3.05) is 36.5 Å². The molecule has 0 aromatic heterocycles. The van der Waals surface area contributed by atoms with Crippen LogP contribution in [-0.2, 0) is 14.8 Å². The van der Waals surface area contributed by atoms with Gasteiger partial charge < -0.3 is 15.0 Å². The molecule has 0 saturated carbocycles. The molecule has 0 spiro atoms. The molecule has 0 bridgehead atoms. The number of unbranched alkanes of at least 4 members (excludes halogenated alkanes) is 1. The fraction of sp³-hybridized carbons (Fsp3) is 0.391. The normalized spacial score (nSPS) is 16.5. The number of rotatable bonds is 7. The Labute approximate surface area is 188 Å². The SMILES string of the molecule is CCCCN1C(=O)COc2ccc(NC(=O)c3ccc(S(=O)(=O)N4CCCC4)cc3)cc21. The molecule has 1 N–H and O–H groups in total. The van der Waals surface area contributed by atoms with Gasteiger partial charge in [0.25, 0.3) is 11.8 Å². The first-order valence-electron chi connectivity index (χ1n) is 10.9. The first-order chi connectivity index (χ1) is 15.4. The maximum atomic E-state index is 12.7. The van der Waals surface area contributed by atoms with Crippen molar-refractivity contribution in [2.24, 2.45) is 0 Å². The minimum Gasteiger partial charge on any atom is -0.482 e. The van der Waals surface area contributed by atoms with Gasteiger partial charge in [0.1, 0.15) is 5.75 Å². The van der Waals surface area contributed by atoms with Gasteiger partial charge in [-0.25, -0.2) is 8.42 Å². The maximum absolute atomic E-state index is 12.7. The highest BCUT2D eigenvalue weighted by atomic mass is 32.2. The molecule has 8 nitrogen and oxygen atoms in total. The molecule has 2 amide bonds. The van der Waals surface area contributed by atoms with Crippen molar-refractivity contribution in [3.63, 3.8) is 0 Å². The number of anilines is 2. The number of sulfonamides is 1. The van der Waals surface area contributed by atoms with Crippen molar-refractivity contribution in [3.05, 3.63) is 48.0 Å². The number of carbonyl (C=O) groups is 2. The molecule has 0 aliphatic carbocycles. The highest BCUT2D eigenvalue weighted by Gasteiger charge is 2.28. The lowest BCUT2D eigenvalue weighted by molar-refractivity contribution is -0.121. The Morgan fingerprint density at radius 1 is 1.09 bits per heavy atom. The van der Waals surface area contributed by atoms with Crippen molar-refractivity contribution >= 4 is 33.2 Å². The fourth-order valence-corrected chi connectivity index (χ4v) is 5.42. The monoisotopic (exact) mass is 457 g/mol. The van der Waals surface area contributed by atoms with E-state index in [9.17, 15) is 18.0 Å². The Morgan fingerprint density at radius 2 is 1.81 bits per heavy atom. The van der Waals surface area contributed by atoms with Crippen LogP contribution in [0.15, 0.2) is 47.4 Å². The summed E-state index contributed by atoms with van der Waals surface area (Å²) in [7, 11) is -3.52. The van der Waals surface area contributed by atoms with Crippen molar-refractivity contribution in [2.45, 2.75) is 37.5 Å². The second-order valence-electron chi connectivity index (χ2n) is 7.96. The summed E-state index contributed by atoms with van der Waals surface area (Å²) in [4.78, 5) is 26.9. The zero-order valence-corrected chi connectivity index (χ0v) is 18.9. The average molecular weight is 458 g/mol. The molecule has 1 saturated heterocycles. The highest BCUT2D eigenvalue weighted by Crippen LogP contribution is 2.35. The summed E-state index contributed by atoms with van der Waals surface area (Å²) in [6.45, 7) is 3.73. The molecule has 170 valence electrons. The first kappa shape index (κ1) is 22.3. The number of carbonyl (C=O) groups excluding carboxylic acids is 2. The van der Waals surface area contributed by atoms with Crippen molar-refractivity contribution < 1.29 is 22.7 Å². The van der Waals surface area contributed by atoms with E-state index < -0.39 is 10.0 Å². The molecule has 2 aromatic rings. The Hall–Kier alpha value is -2.91. The molecule has 1 fully saturated rings. The van der Waals surface area contributed by atoms with Crippen LogP contribution in [-0.4, -0.2) is 50.8 Å². The van der Waals surface area contributed by atoms with Gasteiger partial charge in [0.15, 0.2) is 6.61 Å². The summed E-state index contributed by atoms with van der Waals surface area (Å²) in [5.74, 6) is 0.137. The largest absolute Gasteiger partial charge is 0.482 e. The topological polar surface area (TPSA) is 96.0 Å². The van der Waals surface area contributed by atoms with E-state index in [4.69, 9.17) is 4.74 Å². The van der Waals surface area contributed by atoms with Crippen molar-refractivity contribution in [1.82, 2.24) is 4.31 Å². The maximum Gasteiger partial charge on any atom is 0.265 e. The van der Waals surface area contributed by atoms with Gasteiger partial charge in [0.05, 0.1) is 10.6 Å². The standard InChI is InChI=1S/C23H27N3O5S/c1-2-3-14-26-20-15-18(8-11-21(20)31-16-22(26)27)24-23(28)17-6-9-19(10-7-17)32(29,30)25-12-4-5-13-25/h6-11,15H,2-5,12-14,16H2,1H3,(H,24,28). The van der Waals surface area contributed by atoms with Crippen LogP contribution < -0.4 is 15.0 Å². The molecule has 2 aliphatic rings. The molecule has 2 aliphatic heterocycles. The third-order valence-electron chi connectivity index (χ3n) is 5.71. The highest BCUT2D eigenvalue weighted by molar-refractivity contribution is 7.89. The van der Waals surface area contributed by atoms with E-state index in [1.165, 1.54) is 28.6 Å². The zero-order chi connectivity index (χ0) is 22.7. The van der Waals surface area contributed by atoms with Gasteiger partial charge in [-0.3, -0.25) is 9.59 Å². The third-order valence-corrected chi connectivity index (χ3v) is 7.63. The number of ether oxygens (including phenoxy) is 1. The van der Waals surface area contributed by atoms with Gasteiger partial charge in [0, 0.05) is 30.9 Å². The van der Waals surface area contributed by atoms with E-state index in [1.54, 1.807) is 23.1 Å². The van der Waals surface area contributed by atoms with Gasteiger partial charge in [-0.1, -0.05) is 13.3 Å². The van der Waals surface area contributed by atoms with Crippen LogP contribution in [0.3, 0.4) is 0 Å². The quantitative estimate of drug-likeness (QED) is 0.689. The molecule has 9 heteroatoms. The second kappa shape index (κ2) is 9.30. The summed E-state index contributed by atoms with van der Waals surface area (Å²) in [6, 6.07) is 11.1. The summed E-state index contributed by atoms with van der Waals surface area (Å²) in [5, 5.41) is 2.82. The van der Waals surface area contributed by atoms with Gasteiger partial charge >= 0.3 is 0 Å². The molecule has 32 heavy (non-hydrogen) atoms. The van der Waals surface area contributed by atoms with Gasteiger partial charge in [-0.05, 0) is 61.7 Å². The van der Waals surface area contributed by atoms with Crippen LogP contribution in [0.5, 0.6) is 5.75 Å². The van der Waals surface area contributed by atoms with E-state index >= 15 is 0 Å². The molecule has 0 atom stereocenters. The lowest BCUT2D eigenvalue weighted by atomic mass is 10.1. The van der Waals surface area contributed by atoms with Crippen LogP contribution in [0.2, 0.25) is 0 Å². The van der Waals surface area contributed by atoms with Crippen LogP contribution in [0.25, 0.3) is 0 Å². The van der Waals surface area contributed by atoms with Crippen LogP contribution in [0.1, 0.15) is 43.0 Å². The summed E-state index contributed by atoms with van der Waals surface area (Å²) < 4.78 is 32.3. The number of amides is 2. The lowest BCUT2D eigenvalue weighted by Gasteiger charge is -2.29. The molecule has 0 radical (unpaired) electrons. The number of hydrogen-bond acceptors (Lipinski definition) is 5. The van der Waals surface area contributed by atoms with Crippen LogP contribution in [0.4, 0.5) is 11.4 Å². The predicted octanol–water partition coefficient (Wildman–Crippen LogP) is 3.25. The fourth-order valence-electron chi connectivity index (χ4n) is 3.90. The Morgan fingerprint density at radius 3 is 2.50 bits per heavy atom.